The maximum Gasteiger partial charge on any atom is 0.280 e. The maximum atomic E-state index is 12.2. The van der Waals surface area contributed by atoms with E-state index in [2.05, 4.69) is 14.7 Å². The molecule has 0 radical (unpaired) electrons. The van der Waals surface area contributed by atoms with Crippen LogP contribution in [0.25, 0.3) is 0 Å². The fourth-order valence-corrected chi connectivity index (χ4v) is 3.62. The molecule has 2 heterocycles. The molecule has 102 valence electrons. The first-order chi connectivity index (χ1) is 8.63. The number of hydrogen-bond acceptors (Lipinski definition) is 4. The summed E-state index contributed by atoms with van der Waals surface area (Å²) in [6.07, 6.45) is 5.88. The number of aromatic amines is 1. The Morgan fingerprint density at radius 3 is 3.06 bits per heavy atom. The van der Waals surface area contributed by atoms with E-state index in [1.54, 1.807) is 6.20 Å². The Kier molecular flexibility index (Phi) is 4.33. The van der Waals surface area contributed by atoms with Gasteiger partial charge in [-0.3, -0.25) is 0 Å². The Morgan fingerprint density at radius 1 is 1.56 bits per heavy atom. The SMILES string of the molecule is NCC1CCCCN1S(=O)(=O)NCc1cnc[nH]1. The topological polar surface area (TPSA) is 104 Å². The highest BCUT2D eigenvalue weighted by atomic mass is 32.2. The van der Waals surface area contributed by atoms with Crippen molar-refractivity contribution in [2.24, 2.45) is 5.73 Å². The third-order valence-corrected chi connectivity index (χ3v) is 4.76. The molecule has 0 spiro atoms. The van der Waals surface area contributed by atoms with Gasteiger partial charge < -0.3 is 10.7 Å². The number of rotatable bonds is 5. The second-order valence-electron chi connectivity index (χ2n) is 4.40. The lowest BCUT2D eigenvalue weighted by Gasteiger charge is -2.33. The predicted molar refractivity (Wildman–Crippen MR) is 67.7 cm³/mol. The van der Waals surface area contributed by atoms with Crippen LogP contribution in [-0.2, 0) is 16.8 Å². The molecular formula is C10H19N5O2S. The fraction of sp³-hybridized carbons (Fsp3) is 0.700. The summed E-state index contributed by atoms with van der Waals surface area (Å²) in [4.78, 5) is 6.70. The average Bonchev–Trinajstić information content (AvgIpc) is 2.89. The quantitative estimate of drug-likeness (QED) is 0.676. The molecule has 7 nitrogen and oxygen atoms in total. The number of piperidine rings is 1. The summed E-state index contributed by atoms with van der Waals surface area (Å²) in [6.45, 7) is 1.13. The zero-order valence-electron chi connectivity index (χ0n) is 10.2. The molecule has 1 unspecified atom stereocenters. The molecule has 1 fully saturated rings. The van der Waals surface area contributed by atoms with Gasteiger partial charge in [0.1, 0.15) is 0 Å². The fourth-order valence-electron chi connectivity index (χ4n) is 2.16. The summed E-state index contributed by atoms with van der Waals surface area (Å²) in [5.41, 5.74) is 6.37. The van der Waals surface area contributed by atoms with Gasteiger partial charge in [0.25, 0.3) is 10.2 Å². The van der Waals surface area contributed by atoms with Gasteiger partial charge in [-0.15, -0.1) is 0 Å². The van der Waals surface area contributed by atoms with Gasteiger partial charge in [0.2, 0.25) is 0 Å². The molecule has 4 N–H and O–H groups in total. The molecule has 1 aliphatic rings. The molecule has 0 bridgehead atoms. The average molecular weight is 273 g/mol. The molecule has 0 aromatic carbocycles. The molecule has 1 saturated heterocycles. The van der Waals surface area contributed by atoms with Crippen molar-refractivity contribution in [3.05, 3.63) is 18.2 Å². The number of nitrogens with zero attached hydrogens (tertiary/aromatic N) is 2. The molecule has 8 heteroatoms. The zero-order chi connectivity index (χ0) is 13.0. The molecule has 2 rings (SSSR count). The minimum Gasteiger partial charge on any atom is -0.347 e. The summed E-state index contributed by atoms with van der Waals surface area (Å²) in [7, 11) is -3.47. The van der Waals surface area contributed by atoms with E-state index in [0.29, 0.717) is 13.1 Å². The minimum absolute atomic E-state index is 0.0852. The van der Waals surface area contributed by atoms with Crippen LogP contribution in [0.3, 0.4) is 0 Å². The molecular weight excluding hydrogens is 254 g/mol. The van der Waals surface area contributed by atoms with Gasteiger partial charge in [0, 0.05) is 31.0 Å². The van der Waals surface area contributed by atoms with Gasteiger partial charge >= 0.3 is 0 Å². The van der Waals surface area contributed by atoms with Crippen molar-refractivity contribution in [2.45, 2.75) is 31.8 Å². The molecule has 1 aliphatic heterocycles. The Bertz CT molecular complexity index is 459. The van der Waals surface area contributed by atoms with Crippen LogP contribution in [0.5, 0.6) is 0 Å². The normalized spacial score (nSPS) is 22.2. The summed E-state index contributed by atoms with van der Waals surface area (Å²) < 4.78 is 28.4. The second-order valence-corrected chi connectivity index (χ2v) is 6.11. The number of nitrogens with two attached hydrogens (primary N) is 1. The molecule has 18 heavy (non-hydrogen) atoms. The third kappa shape index (κ3) is 3.08. The van der Waals surface area contributed by atoms with E-state index < -0.39 is 10.2 Å². The van der Waals surface area contributed by atoms with Gasteiger partial charge in [-0.25, -0.2) is 4.98 Å². The standard InChI is InChI=1S/C10H19N5O2S/c11-5-10-3-1-2-4-15(10)18(16,17)14-7-9-6-12-8-13-9/h6,8,10,14H,1-5,7,11H2,(H,12,13). The lowest BCUT2D eigenvalue weighted by molar-refractivity contribution is 0.254. The van der Waals surface area contributed by atoms with Crippen LogP contribution < -0.4 is 10.5 Å². The van der Waals surface area contributed by atoms with Crippen molar-refractivity contribution in [3.63, 3.8) is 0 Å². The maximum absolute atomic E-state index is 12.2. The monoisotopic (exact) mass is 273 g/mol. The van der Waals surface area contributed by atoms with Crippen molar-refractivity contribution in [3.8, 4) is 0 Å². The largest absolute Gasteiger partial charge is 0.347 e. The van der Waals surface area contributed by atoms with Gasteiger partial charge in [0.05, 0.1) is 12.9 Å². The van der Waals surface area contributed by atoms with Crippen molar-refractivity contribution in [1.29, 1.82) is 0 Å². The molecule has 1 aromatic rings. The first-order valence-electron chi connectivity index (χ1n) is 6.07. The number of H-pyrrole nitrogens is 1. The van der Waals surface area contributed by atoms with E-state index in [4.69, 9.17) is 5.73 Å². The molecule has 0 saturated carbocycles. The lowest BCUT2D eigenvalue weighted by atomic mass is 10.1. The van der Waals surface area contributed by atoms with E-state index in [-0.39, 0.29) is 12.6 Å². The highest BCUT2D eigenvalue weighted by molar-refractivity contribution is 7.87. The van der Waals surface area contributed by atoms with Crippen LogP contribution >= 0.6 is 0 Å². The number of imidazole rings is 1. The lowest BCUT2D eigenvalue weighted by Crippen LogP contribution is -2.51. The minimum atomic E-state index is -3.47. The Balaban J connectivity index is 2.00. The summed E-state index contributed by atoms with van der Waals surface area (Å²) in [5.74, 6) is 0. The van der Waals surface area contributed by atoms with E-state index in [1.807, 2.05) is 0 Å². The van der Waals surface area contributed by atoms with E-state index in [1.165, 1.54) is 10.6 Å². The first kappa shape index (κ1) is 13.5. The summed E-state index contributed by atoms with van der Waals surface area (Å²) in [5, 5.41) is 0. The van der Waals surface area contributed by atoms with Crippen molar-refractivity contribution >= 4 is 10.2 Å². The molecule has 1 atom stereocenters. The zero-order valence-corrected chi connectivity index (χ0v) is 11.0. The van der Waals surface area contributed by atoms with Crippen molar-refractivity contribution in [1.82, 2.24) is 19.0 Å². The Labute approximate surface area is 107 Å². The Hall–Kier alpha value is -0.960. The summed E-state index contributed by atoms with van der Waals surface area (Å²) >= 11 is 0. The number of nitrogens with one attached hydrogen (secondary N) is 2. The van der Waals surface area contributed by atoms with Crippen LogP contribution in [-0.4, -0.2) is 41.8 Å². The smallest absolute Gasteiger partial charge is 0.280 e. The Morgan fingerprint density at radius 2 is 2.39 bits per heavy atom. The van der Waals surface area contributed by atoms with Crippen molar-refractivity contribution < 1.29 is 8.42 Å². The van der Waals surface area contributed by atoms with Crippen LogP contribution in [0.1, 0.15) is 25.0 Å². The first-order valence-corrected chi connectivity index (χ1v) is 7.51. The predicted octanol–water partition coefficient (Wildman–Crippen LogP) is -0.443. The van der Waals surface area contributed by atoms with Gasteiger partial charge in [0.15, 0.2) is 0 Å². The van der Waals surface area contributed by atoms with Gasteiger partial charge in [-0.2, -0.15) is 17.4 Å². The number of hydrogen-bond donors (Lipinski definition) is 3. The van der Waals surface area contributed by atoms with Crippen LogP contribution in [0.4, 0.5) is 0 Å². The van der Waals surface area contributed by atoms with Crippen LogP contribution in [0, 0.1) is 0 Å². The second kappa shape index (κ2) is 5.79. The van der Waals surface area contributed by atoms with Gasteiger partial charge in [-0.1, -0.05) is 6.42 Å². The molecule has 0 amide bonds. The van der Waals surface area contributed by atoms with E-state index in [0.717, 1.165) is 25.0 Å². The summed E-state index contributed by atoms with van der Waals surface area (Å²) in [6, 6.07) is -0.0852. The van der Waals surface area contributed by atoms with Crippen LogP contribution in [0.2, 0.25) is 0 Å². The van der Waals surface area contributed by atoms with Crippen LogP contribution in [0.15, 0.2) is 12.5 Å². The van der Waals surface area contributed by atoms with Gasteiger partial charge in [-0.05, 0) is 12.8 Å². The highest BCUT2D eigenvalue weighted by Crippen LogP contribution is 2.18. The molecule has 1 aromatic heterocycles. The van der Waals surface area contributed by atoms with E-state index in [9.17, 15) is 8.42 Å². The molecule has 0 aliphatic carbocycles. The number of aromatic nitrogens is 2. The van der Waals surface area contributed by atoms with Crippen molar-refractivity contribution in [2.75, 3.05) is 13.1 Å². The highest BCUT2D eigenvalue weighted by Gasteiger charge is 2.31. The third-order valence-electron chi connectivity index (χ3n) is 3.15. The van der Waals surface area contributed by atoms with E-state index >= 15 is 0 Å².